The molecule has 0 fully saturated rings. The van der Waals surface area contributed by atoms with Crippen molar-refractivity contribution in [3.63, 3.8) is 0 Å². The molecule has 0 aliphatic rings. The molecule has 2 aromatic carbocycles. The van der Waals surface area contributed by atoms with Gasteiger partial charge in [-0.05, 0) is 42.5 Å². The largest absolute Gasteiger partial charge is 0.505 e. The second-order valence-electron chi connectivity index (χ2n) is 6.07. The summed E-state index contributed by atoms with van der Waals surface area (Å²) in [4.78, 5) is 26.1. The zero-order valence-corrected chi connectivity index (χ0v) is 16.4. The lowest BCUT2D eigenvalue weighted by Gasteiger charge is -2.12. The zero-order valence-electron chi connectivity index (χ0n) is 14.9. The molecule has 0 aliphatic heterocycles. The van der Waals surface area contributed by atoms with E-state index in [1.807, 2.05) is 0 Å². The van der Waals surface area contributed by atoms with Crippen LogP contribution >= 0.6 is 23.4 Å². The summed E-state index contributed by atoms with van der Waals surface area (Å²) < 4.78 is 12.1. The summed E-state index contributed by atoms with van der Waals surface area (Å²) >= 11 is 6.88. The van der Waals surface area contributed by atoms with Gasteiger partial charge in [-0.25, -0.2) is 4.79 Å². The number of hydrogen-bond donors (Lipinski definition) is 1. The van der Waals surface area contributed by atoms with E-state index in [0.29, 0.717) is 26.6 Å². The molecule has 2 heterocycles. The van der Waals surface area contributed by atoms with E-state index < -0.39 is 16.9 Å². The Hall–Kier alpha value is -2.90. The first-order valence-electron chi connectivity index (χ1n) is 8.20. The van der Waals surface area contributed by atoms with Crippen LogP contribution < -0.4 is 15.9 Å². The summed E-state index contributed by atoms with van der Waals surface area (Å²) in [5.74, 6) is 0.130. The van der Waals surface area contributed by atoms with Gasteiger partial charge in [0.1, 0.15) is 16.0 Å². The summed E-state index contributed by atoms with van der Waals surface area (Å²) in [7, 11) is 3.10. The minimum atomic E-state index is -0.734. The van der Waals surface area contributed by atoms with Crippen LogP contribution in [0.2, 0.25) is 5.02 Å². The van der Waals surface area contributed by atoms with Crippen LogP contribution in [0.25, 0.3) is 21.9 Å². The van der Waals surface area contributed by atoms with Gasteiger partial charge in [0.05, 0.1) is 12.6 Å². The predicted octanol–water partition coefficient (Wildman–Crippen LogP) is 4.16. The molecule has 0 saturated heterocycles. The van der Waals surface area contributed by atoms with Crippen molar-refractivity contribution in [1.82, 2.24) is 4.57 Å². The fraction of sp³-hybridized carbons (Fsp3) is 0.100. The maximum Gasteiger partial charge on any atom is 0.354 e. The van der Waals surface area contributed by atoms with Crippen molar-refractivity contribution in [1.29, 1.82) is 0 Å². The topological polar surface area (TPSA) is 81.7 Å². The van der Waals surface area contributed by atoms with E-state index in [0.717, 1.165) is 11.8 Å². The van der Waals surface area contributed by atoms with Gasteiger partial charge < -0.3 is 18.8 Å². The molecular weight excluding hydrogens is 402 g/mol. The number of rotatable bonds is 3. The highest BCUT2D eigenvalue weighted by molar-refractivity contribution is 7.99. The molecule has 0 saturated carbocycles. The Bertz CT molecular complexity index is 1340. The molecule has 0 radical (unpaired) electrons. The molecule has 2 aromatic heterocycles. The Morgan fingerprint density at radius 1 is 1.14 bits per heavy atom. The van der Waals surface area contributed by atoms with Crippen molar-refractivity contribution in [2.75, 3.05) is 7.11 Å². The molecule has 0 unspecified atom stereocenters. The van der Waals surface area contributed by atoms with E-state index in [1.165, 1.54) is 11.7 Å². The molecule has 8 heteroatoms. The minimum Gasteiger partial charge on any atom is -0.505 e. The number of aryl methyl sites for hydroxylation is 1. The summed E-state index contributed by atoms with van der Waals surface area (Å²) in [6.45, 7) is 0. The third-order valence-electron chi connectivity index (χ3n) is 4.42. The number of ether oxygens (including phenoxy) is 1. The van der Waals surface area contributed by atoms with Crippen LogP contribution in [0.3, 0.4) is 0 Å². The van der Waals surface area contributed by atoms with Gasteiger partial charge in [0.25, 0.3) is 5.56 Å². The number of pyridine rings is 1. The Morgan fingerprint density at radius 2 is 1.86 bits per heavy atom. The highest BCUT2D eigenvalue weighted by Gasteiger charge is 2.21. The van der Waals surface area contributed by atoms with E-state index in [2.05, 4.69) is 0 Å². The third-order valence-corrected chi connectivity index (χ3v) is 5.74. The highest BCUT2D eigenvalue weighted by atomic mass is 35.5. The quantitative estimate of drug-likeness (QED) is 0.506. The maximum atomic E-state index is 12.9. The van der Waals surface area contributed by atoms with Gasteiger partial charge in [-0.3, -0.25) is 4.79 Å². The van der Waals surface area contributed by atoms with E-state index >= 15 is 0 Å². The first kappa shape index (κ1) is 18.5. The van der Waals surface area contributed by atoms with Crippen LogP contribution in [0.5, 0.6) is 11.5 Å². The van der Waals surface area contributed by atoms with Crippen LogP contribution in [0.15, 0.2) is 66.3 Å². The fourth-order valence-electron chi connectivity index (χ4n) is 3.00. The van der Waals surface area contributed by atoms with Crippen molar-refractivity contribution in [3.05, 3.63) is 68.3 Å². The normalized spacial score (nSPS) is 11.2. The average Bonchev–Trinajstić information content (AvgIpc) is 2.70. The van der Waals surface area contributed by atoms with Crippen molar-refractivity contribution >= 4 is 45.2 Å². The lowest BCUT2D eigenvalue weighted by Crippen LogP contribution is -2.19. The maximum absolute atomic E-state index is 12.9. The molecule has 1 N–H and O–H groups in total. The van der Waals surface area contributed by atoms with Crippen LogP contribution in [0, 0.1) is 0 Å². The minimum absolute atomic E-state index is 0.0277. The van der Waals surface area contributed by atoms with Gasteiger partial charge in [-0.1, -0.05) is 23.4 Å². The first-order valence-corrected chi connectivity index (χ1v) is 9.40. The third kappa shape index (κ3) is 2.93. The number of aromatic nitrogens is 1. The molecule has 0 amide bonds. The van der Waals surface area contributed by atoms with Crippen molar-refractivity contribution in [2.45, 2.75) is 9.79 Å². The number of hydrogen-bond acceptors (Lipinski definition) is 6. The molecule has 0 aliphatic carbocycles. The van der Waals surface area contributed by atoms with Gasteiger partial charge in [0.15, 0.2) is 11.3 Å². The number of nitrogens with zero attached hydrogens (tertiary/aromatic N) is 1. The number of methoxy groups -OCH3 is 1. The molecular formula is C20H14ClNO5S. The standard InChI is InChI=1S/C20H14ClNO5S/c1-22-14-8-5-11(26-2)9-13(14)17-15(19(22)24)16(23)18(20(25)27-17)28-12-6-3-10(21)4-7-12/h3-9,23H,1-2H3. The predicted molar refractivity (Wildman–Crippen MR) is 109 cm³/mol. The van der Waals surface area contributed by atoms with Gasteiger partial charge in [0, 0.05) is 22.4 Å². The van der Waals surface area contributed by atoms with Crippen LogP contribution in [-0.4, -0.2) is 16.8 Å². The SMILES string of the molecule is COc1ccc2c(c1)c1oc(=O)c(Sc3ccc(Cl)cc3)c(O)c1c(=O)n2C. The van der Waals surface area contributed by atoms with Crippen molar-refractivity contribution < 1.29 is 14.3 Å². The van der Waals surface area contributed by atoms with Crippen molar-refractivity contribution in [2.24, 2.45) is 7.05 Å². The number of benzene rings is 2. The Morgan fingerprint density at radius 3 is 2.54 bits per heavy atom. The molecule has 4 aromatic rings. The van der Waals surface area contributed by atoms with Crippen LogP contribution in [0.4, 0.5) is 0 Å². The smallest absolute Gasteiger partial charge is 0.354 e. The first-order chi connectivity index (χ1) is 13.4. The monoisotopic (exact) mass is 415 g/mol. The number of aromatic hydroxyl groups is 1. The summed E-state index contributed by atoms with van der Waals surface area (Å²) in [5.41, 5.74) is -0.617. The highest BCUT2D eigenvalue weighted by Crippen LogP contribution is 2.37. The fourth-order valence-corrected chi connectivity index (χ4v) is 3.96. The second kappa shape index (κ2) is 6.92. The average molecular weight is 416 g/mol. The Balaban J connectivity index is 2.04. The molecule has 0 atom stereocenters. The van der Waals surface area contributed by atoms with Gasteiger partial charge in [-0.2, -0.15) is 0 Å². The van der Waals surface area contributed by atoms with E-state index in [4.69, 9.17) is 20.8 Å². The number of halogens is 1. The molecule has 4 rings (SSSR count). The second-order valence-corrected chi connectivity index (χ2v) is 7.59. The van der Waals surface area contributed by atoms with Crippen LogP contribution in [-0.2, 0) is 7.05 Å². The number of fused-ring (bicyclic) bond motifs is 3. The van der Waals surface area contributed by atoms with Crippen molar-refractivity contribution in [3.8, 4) is 11.5 Å². The molecule has 6 nitrogen and oxygen atoms in total. The van der Waals surface area contributed by atoms with E-state index in [1.54, 1.807) is 49.5 Å². The lowest BCUT2D eigenvalue weighted by atomic mass is 10.1. The summed E-state index contributed by atoms with van der Waals surface area (Å²) in [6.07, 6.45) is 0. The molecule has 0 bridgehead atoms. The van der Waals surface area contributed by atoms with E-state index in [-0.39, 0.29) is 15.9 Å². The summed E-state index contributed by atoms with van der Waals surface area (Å²) in [6, 6.07) is 11.8. The molecule has 28 heavy (non-hydrogen) atoms. The van der Waals surface area contributed by atoms with E-state index in [9.17, 15) is 14.7 Å². The van der Waals surface area contributed by atoms with Gasteiger partial charge in [0.2, 0.25) is 0 Å². The molecule has 0 spiro atoms. The lowest BCUT2D eigenvalue weighted by molar-refractivity contribution is 0.415. The Kier molecular flexibility index (Phi) is 4.56. The zero-order chi connectivity index (χ0) is 20.0. The van der Waals surface area contributed by atoms with Crippen LogP contribution in [0.1, 0.15) is 0 Å². The summed E-state index contributed by atoms with van der Waals surface area (Å²) in [5, 5.41) is 11.8. The molecule has 142 valence electrons. The Labute approximate surface area is 167 Å². The van der Waals surface area contributed by atoms with Gasteiger partial charge in [-0.15, -0.1) is 0 Å². The van der Waals surface area contributed by atoms with Gasteiger partial charge >= 0.3 is 5.63 Å².